The molecule has 1 saturated carbocycles. The number of ether oxygens (including phenoxy) is 2. The summed E-state index contributed by atoms with van der Waals surface area (Å²) >= 11 is 0. The Kier molecular flexibility index (Phi) is 9.01. The van der Waals surface area contributed by atoms with Gasteiger partial charge in [0, 0.05) is 38.9 Å². The van der Waals surface area contributed by atoms with Crippen molar-refractivity contribution in [3.8, 4) is 5.75 Å². The van der Waals surface area contributed by atoms with Gasteiger partial charge in [-0.05, 0) is 43.4 Å². The Balaban J connectivity index is 0.00000272. The zero-order chi connectivity index (χ0) is 20.8. The molecule has 4 rings (SSSR count). The first kappa shape index (κ1) is 23.8. The minimum Gasteiger partial charge on any atom is -0.490 e. The molecule has 1 aromatic carbocycles. The lowest BCUT2D eigenvalue weighted by molar-refractivity contribution is -0.00805. The van der Waals surface area contributed by atoms with Gasteiger partial charge in [-0.3, -0.25) is 9.67 Å². The van der Waals surface area contributed by atoms with Gasteiger partial charge < -0.3 is 19.7 Å². The largest absolute Gasteiger partial charge is 0.490 e. The highest BCUT2D eigenvalue weighted by atomic mass is 127. The summed E-state index contributed by atoms with van der Waals surface area (Å²) < 4.78 is 13.9. The molecule has 1 aromatic heterocycles. The minimum absolute atomic E-state index is 0. The quantitative estimate of drug-likeness (QED) is 0.355. The van der Waals surface area contributed by atoms with E-state index >= 15 is 0 Å². The van der Waals surface area contributed by atoms with Crippen LogP contribution in [0.4, 0.5) is 0 Å². The molecule has 2 heterocycles. The molecule has 170 valence electrons. The number of guanidine groups is 1. The van der Waals surface area contributed by atoms with E-state index in [0.29, 0.717) is 12.7 Å². The molecule has 8 heteroatoms. The number of nitrogens with one attached hydrogen (secondary N) is 1. The molecule has 1 N–H and O–H groups in total. The van der Waals surface area contributed by atoms with Crippen LogP contribution in [0.2, 0.25) is 0 Å². The molecule has 31 heavy (non-hydrogen) atoms. The lowest BCUT2D eigenvalue weighted by atomic mass is 9.98. The monoisotopic (exact) mass is 539 g/mol. The molecule has 2 fully saturated rings. The number of hydrogen-bond acceptors (Lipinski definition) is 4. The Labute approximate surface area is 202 Å². The Bertz CT molecular complexity index is 833. The van der Waals surface area contributed by atoms with E-state index in [-0.39, 0.29) is 30.1 Å². The van der Waals surface area contributed by atoms with Crippen molar-refractivity contribution >= 4 is 29.9 Å². The lowest BCUT2D eigenvalue weighted by Crippen LogP contribution is -2.47. The SMILES string of the molecule is CN=C(NCc1ccc(OC2CCCCC2)cc1)N1CCOC(c2cnn(C)c2)C1.I. The number of hydrogen-bond donors (Lipinski definition) is 1. The van der Waals surface area contributed by atoms with E-state index in [0.717, 1.165) is 36.9 Å². The lowest BCUT2D eigenvalue weighted by Gasteiger charge is -2.34. The number of aromatic nitrogens is 2. The van der Waals surface area contributed by atoms with Crippen LogP contribution in [0.1, 0.15) is 49.3 Å². The summed E-state index contributed by atoms with van der Waals surface area (Å²) in [6.45, 7) is 2.99. The van der Waals surface area contributed by atoms with E-state index in [1.54, 1.807) is 0 Å². The maximum absolute atomic E-state index is 6.13. The highest BCUT2D eigenvalue weighted by molar-refractivity contribution is 14.0. The second-order valence-corrected chi connectivity index (χ2v) is 8.18. The van der Waals surface area contributed by atoms with Gasteiger partial charge in [-0.15, -0.1) is 24.0 Å². The Morgan fingerprint density at radius 3 is 2.68 bits per heavy atom. The molecule has 1 saturated heterocycles. The first-order valence-electron chi connectivity index (χ1n) is 11.0. The highest BCUT2D eigenvalue weighted by Gasteiger charge is 2.25. The number of aryl methyl sites for hydroxylation is 1. The van der Waals surface area contributed by atoms with Crippen molar-refractivity contribution < 1.29 is 9.47 Å². The van der Waals surface area contributed by atoms with Crippen LogP contribution in [-0.4, -0.2) is 53.5 Å². The van der Waals surface area contributed by atoms with Crippen molar-refractivity contribution in [3.05, 3.63) is 47.8 Å². The van der Waals surface area contributed by atoms with Crippen LogP contribution in [0.3, 0.4) is 0 Å². The number of aliphatic imine (C=N–C) groups is 1. The number of benzene rings is 1. The number of nitrogens with zero attached hydrogens (tertiary/aromatic N) is 4. The third-order valence-corrected chi connectivity index (χ3v) is 5.90. The Hall–Kier alpha value is -1.81. The van der Waals surface area contributed by atoms with Gasteiger partial charge in [0.15, 0.2) is 5.96 Å². The smallest absolute Gasteiger partial charge is 0.194 e. The van der Waals surface area contributed by atoms with Crippen LogP contribution in [0.25, 0.3) is 0 Å². The third-order valence-electron chi connectivity index (χ3n) is 5.90. The minimum atomic E-state index is 0. The maximum Gasteiger partial charge on any atom is 0.194 e. The molecule has 1 atom stereocenters. The summed E-state index contributed by atoms with van der Waals surface area (Å²) in [6, 6.07) is 8.44. The average Bonchev–Trinajstić information content (AvgIpc) is 3.23. The highest BCUT2D eigenvalue weighted by Crippen LogP contribution is 2.24. The number of rotatable bonds is 5. The molecule has 0 spiro atoms. The van der Waals surface area contributed by atoms with Gasteiger partial charge in [-0.2, -0.15) is 5.10 Å². The zero-order valence-corrected chi connectivity index (χ0v) is 20.8. The van der Waals surface area contributed by atoms with E-state index in [2.05, 4.69) is 44.6 Å². The van der Waals surface area contributed by atoms with Crippen molar-refractivity contribution in [3.63, 3.8) is 0 Å². The van der Waals surface area contributed by atoms with Gasteiger partial charge in [0.05, 0.1) is 25.5 Å². The topological polar surface area (TPSA) is 63.9 Å². The normalized spacial score (nSPS) is 20.3. The predicted octanol–water partition coefficient (Wildman–Crippen LogP) is 3.90. The molecule has 0 amide bonds. The van der Waals surface area contributed by atoms with Gasteiger partial charge in [0.2, 0.25) is 0 Å². The van der Waals surface area contributed by atoms with E-state index in [1.807, 2.05) is 31.2 Å². The molecular weight excluding hydrogens is 505 g/mol. The summed E-state index contributed by atoms with van der Waals surface area (Å²) in [5.74, 6) is 1.87. The van der Waals surface area contributed by atoms with Gasteiger partial charge in [-0.1, -0.05) is 18.6 Å². The van der Waals surface area contributed by atoms with Crippen LogP contribution in [0, 0.1) is 0 Å². The van der Waals surface area contributed by atoms with Crippen molar-refractivity contribution in [1.29, 1.82) is 0 Å². The number of halogens is 1. The first-order chi connectivity index (χ1) is 14.7. The first-order valence-corrected chi connectivity index (χ1v) is 11.0. The summed E-state index contributed by atoms with van der Waals surface area (Å²) in [5.41, 5.74) is 2.32. The Morgan fingerprint density at radius 2 is 2.00 bits per heavy atom. The summed E-state index contributed by atoms with van der Waals surface area (Å²) in [5, 5.41) is 7.76. The molecule has 0 bridgehead atoms. The van der Waals surface area contributed by atoms with Gasteiger partial charge in [0.25, 0.3) is 0 Å². The van der Waals surface area contributed by atoms with E-state index in [4.69, 9.17) is 9.47 Å². The zero-order valence-electron chi connectivity index (χ0n) is 18.5. The fourth-order valence-electron chi connectivity index (χ4n) is 4.22. The molecule has 2 aromatic rings. The fourth-order valence-corrected chi connectivity index (χ4v) is 4.22. The van der Waals surface area contributed by atoms with Crippen LogP contribution in [0.15, 0.2) is 41.7 Å². The molecule has 1 unspecified atom stereocenters. The fraction of sp³-hybridized carbons (Fsp3) is 0.565. The predicted molar refractivity (Wildman–Crippen MR) is 133 cm³/mol. The van der Waals surface area contributed by atoms with Crippen molar-refractivity contribution in [1.82, 2.24) is 20.0 Å². The van der Waals surface area contributed by atoms with E-state index in [1.165, 1.54) is 37.7 Å². The Morgan fingerprint density at radius 1 is 1.23 bits per heavy atom. The van der Waals surface area contributed by atoms with Crippen molar-refractivity contribution in [2.45, 2.75) is 50.9 Å². The standard InChI is InChI=1S/C23H33N5O2.HI/c1-24-23(28-12-13-29-22(17-28)19-15-26-27(2)16-19)25-14-18-8-10-21(11-9-18)30-20-6-4-3-5-7-20;/h8-11,15-16,20,22H,3-7,12-14,17H2,1-2H3,(H,24,25);1H. The van der Waals surface area contributed by atoms with Crippen molar-refractivity contribution in [2.75, 3.05) is 26.7 Å². The van der Waals surface area contributed by atoms with Crippen LogP contribution in [0.5, 0.6) is 5.75 Å². The summed E-state index contributed by atoms with van der Waals surface area (Å²) in [4.78, 5) is 6.74. The van der Waals surface area contributed by atoms with E-state index in [9.17, 15) is 0 Å². The second-order valence-electron chi connectivity index (χ2n) is 8.18. The molecule has 0 radical (unpaired) electrons. The molecule has 7 nitrogen and oxygen atoms in total. The van der Waals surface area contributed by atoms with E-state index < -0.39 is 0 Å². The van der Waals surface area contributed by atoms with Crippen molar-refractivity contribution in [2.24, 2.45) is 12.0 Å². The van der Waals surface area contributed by atoms with Gasteiger partial charge >= 0.3 is 0 Å². The number of morpholine rings is 1. The molecule has 1 aliphatic carbocycles. The second kappa shape index (κ2) is 11.7. The maximum atomic E-state index is 6.13. The summed E-state index contributed by atoms with van der Waals surface area (Å²) in [7, 11) is 3.76. The van der Waals surface area contributed by atoms with Gasteiger partial charge in [-0.25, -0.2) is 0 Å². The van der Waals surface area contributed by atoms with Crippen LogP contribution in [-0.2, 0) is 18.3 Å². The molecular formula is C23H34IN5O2. The van der Waals surface area contributed by atoms with Crippen LogP contribution >= 0.6 is 24.0 Å². The summed E-state index contributed by atoms with van der Waals surface area (Å²) in [6.07, 6.45) is 10.6. The van der Waals surface area contributed by atoms with Crippen LogP contribution < -0.4 is 10.1 Å². The molecule has 2 aliphatic rings. The van der Waals surface area contributed by atoms with Gasteiger partial charge in [0.1, 0.15) is 11.9 Å². The average molecular weight is 539 g/mol. The molecule has 1 aliphatic heterocycles. The third kappa shape index (κ3) is 6.58.